The maximum Gasteiger partial charge on any atom is 0.321 e. The van der Waals surface area contributed by atoms with E-state index >= 15 is 0 Å². The number of quaternary nitrogens is 1. The van der Waals surface area contributed by atoms with E-state index in [0.29, 0.717) is 26.2 Å². The van der Waals surface area contributed by atoms with E-state index in [2.05, 4.69) is 10.6 Å². The highest BCUT2D eigenvalue weighted by molar-refractivity contribution is 7.89. The van der Waals surface area contributed by atoms with E-state index in [-0.39, 0.29) is 16.8 Å². The molecule has 3 amide bonds. The summed E-state index contributed by atoms with van der Waals surface area (Å²) in [4.78, 5) is 25.8. The van der Waals surface area contributed by atoms with Gasteiger partial charge in [-0.15, -0.1) is 0 Å². The number of nitrogens with zero attached hydrogens (tertiary/aromatic N) is 1. The second kappa shape index (κ2) is 9.69. The molecule has 1 aliphatic carbocycles. The Kier molecular flexibility index (Phi) is 7.26. The Bertz CT molecular complexity index is 801. The average Bonchev–Trinajstić information content (AvgIpc) is 2.74. The van der Waals surface area contributed by atoms with Crippen molar-refractivity contribution in [3.8, 4) is 0 Å². The zero-order chi connectivity index (χ0) is 20.9. The van der Waals surface area contributed by atoms with E-state index in [1.54, 1.807) is 37.3 Å². The van der Waals surface area contributed by atoms with Crippen molar-refractivity contribution in [3.63, 3.8) is 0 Å². The summed E-state index contributed by atoms with van der Waals surface area (Å²) in [6.45, 7) is 3.51. The van der Waals surface area contributed by atoms with Gasteiger partial charge in [0.1, 0.15) is 0 Å². The van der Waals surface area contributed by atoms with Gasteiger partial charge >= 0.3 is 6.03 Å². The van der Waals surface area contributed by atoms with Gasteiger partial charge in [0.05, 0.1) is 31.1 Å². The summed E-state index contributed by atoms with van der Waals surface area (Å²) in [5.74, 6) is -0.326. The molecule has 1 aromatic rings. The molecule has 1 saturated carbocycles. The highest BCUT2D eigenvalue weighted by Gasteiger charge is 2.34. The number of sulfonamides is 1. The van der Waals surface area contributed by atoms with Crippen molar-refractivity contribution in [2.75, 3.05) is 26.2 Å². The van der Waals surface area contributed by atoms with Crippen LogP contribution in [0.2, 0.25) is 0 Å². The molecule has 3 rings (SSSR count). The van der Waals surface area contributed by atoms with E-state index in [9.17, 15) is 18.0 Å². The van der Waals surface area contributed by atoms with E-state index in [1.807, 2.05) is 0 Å². The first-order chi connectivity index (χ1) is 13.9. The third-order valence-electron chi connectivity index (χ3n) is 5.93. The molecular formula is C20H31N4O4S+. The number of urea groups is 1. The summed E-state index contributed by atoms with van der Waals surface area (Å²) in [5, 5.41) is 5.33. The molecule has 0 spiro atoms. The largest absolute Gasteiger partial charge is 0.335 e. The lowest BCUT2D eigenvalue weighted by Gasteiger charge is -2.34. The van der Waals surface area contributed by atoms with Crippen molar-refractivity contribution in [2.24, 2.45) is 0 Å². The Balaban J connectivity index is 1.48. The average molecular weight is 424 g/mol. The fourth-order valence-electron chi connectivity index (χ4n) is 4.06. The molecule has 1 saturated heterocycles. The maximum atomic E-state index is 12.7. The summed E-state index contributed by atoms with van der Waals surface area (Å²) >= 11 is 0. The lowest BCUT2D eigenvalue weighted by atomic mass is 9.96. The number of rotatable bonds is 5. The van der Waals surface area contributed by atoms with Crippen LogP contribution in [0.3, 0.4) is 0 Å². The maximum absolute atomic E-state index is 12.7. The van der Waals surface area contributed by atoms with E-state index in [4.69, 9.17) is 0 Å². The van der Waals surface area contributed by atoms with Crippen molar-refractivity contribution in [3.05, 3.63) is 30.3 Å². The first-order valence-electron chi connectivity index (χ1n) is 10.4. The molecule has 0 unspecified atom stereocenters. The Labute approximate surface area is 172 Å². The molecular weight excluding hydrogens is 392 g/mol. The minimum atomic E-state index is -3.51. The predicted octanol–water partition coefficient (Wildman–Crippen LogP) is 0.123. The van der Waals surface area contributed by atoms with Gasteiger partial charge in [-0.2, -0.15) is 4.31 Å². The van der Waals surface area contributed by atoms with E-state index in [1.165, 1.54) is 10.7 Å². The Morgan fingerprint density at radius 2 is 1.69 bits per heavy atom. The number of hydrogen-bond acceptors (Lipinski definition) is 4. The van der Waals surface area contributed by atoms with Crippen LogP contribution in [0, 0.1) is 0 Å². The summed E-state index contributed by atoms with van der Waals surface area (Å²) in [6, 6.07) is 7.67. The Hall–Kier alpha value is -1.97. The van der Waals surface area contributed by atoms with E-state index in [0.717, 1.165) is 30.6 Å². The molecule has 2 aliphatic rings. The molecule has 1 aromatic carbocycles. The van der Waals surface area contributed by atoms with Crippen molar-refractivity contribution >= 4 is 22.0 Å². The van der Waals surface area contributed by atoms with Crippen molar-refractivity contribution in [1.29, 1.82) is 0 Å². The van der Waals surface area contributed by atoms with Gasteiger partial charge in [-0.1, -0.05) is 37.5 Å². The van der Waals surface area contributed by atoms with Crippen molar-refractivity contribution in [2.45, 2.75) is 56.0 Å². The minimum Gasteiger partial charge on any atom is -0.335 e. The summed E-state index contributed by atoms with van der Waals surface area (Å²) in [6.07, 6.45) is 5.33. The SMILES string of the molecule is C[C@H](C(=O)NC(=O)NC1CCCCC1)[NH+]1CCN(S(=O)(=O)c2ccccc2)CC1. The fraction of sp³-hybridized carbons (Fsp3) is 0.600. The van der Waals surface area contributed by atoms with Gasteiger partial charge in [0.15, 0.2) is 6.04 Å². The molecule has 29 heavy (non-hydrogen) atoms. The molecule has 9 heteroatoms. The summed E-state index contributed by atoms with van der Waals surface area (Å²) in [7, 11) is -3.51. The van der Waals surface area contributed by atoms with Gasteiger partial charge < -0.3 is 10.2 Å². The molecule has 0 aromatic heterocycles. The van der Waals surface area contributed by atoms with Crippen LogP contribution in [0.4, 0.5) is 4.79 Å². The van der Waals surface area contributed by atoms with Crippen LogP contribution in [-0.2, 0) is 14.8 Å². The van der Waals surface area contributed by atoms with Gasteiger partial charge in [-0.25, -0.2) is 13.2 Å². The number of nitrogens with one attached hydrogen (secondary N) is 3. The van der Waals surface area contributed by atoms with Crippen LogP contribution in [0.25, 0.3) is 0 Å². The van der Waals surface area contributed by atoms with Crippen molar-refractivity contribution in [1.82, 2.24) is 14.9 Å². The molecule has 1 heterocycles. The second-order valence-electron chi connectivity index (χ2n) is 7.89. The number of amides is 3. The van der Waals surface area contributed by atoms with Crippen LogP contribution in [-0.4, -0.2) is 62.9 Å². The third kappa shape index (κ3) is 5.55. The molecule has 1 aliphatic heterocycles. The number of hydrogen-bond donors (Lipinski definition) is 3. The number of piperazine rings is 1. The highest BCUT2D eigenvalue weighted by atomic mass is 32.2. The Morgan fingerprint density at radius 1 is 1.07 bits per heavy atom. The van der Waals surface area contributed by atoms with Crippen LogP contribution < -0.4 is 15.5 Å². The van der Waals surface area contributed by atoms with Crippen LogP contribution in [0.5, 0.6) is 0 Å². The molecule has 3 N–H and O–H groups in total. The van der Waals surface area contributed by atoms with Crippen LogP contribution in [0.15, 0.2) is 35.2 Å². The highest BCUT2D eigenvalue weighted by Crippen LogP contribution is 2.17. The molecule has 0 bridgehead atoms. The normalized spacial score (nSPS) is 20.7. The summed E-state index contributed by atoms with van der Waals surface area (Å²) in [5.41, 5.74) is 0. The quantitative estimate of drug-likeness (QED) is 0.626. The van der Waals surface area contributed by atoms with Gasteiger partial charge in [-0.3, -0.25) is 10.1 Å². The van der Waals surface area contributed by atoms with Gasteiger partial charge in [0, 0.05) is 6.04 Å². The topological polar surface area (TPSA) is 100 Å². The van der Waals surface area contributed by atoms with Gasteiger partial charge in [0.25, 0.3) is 5.91 Å². The van der Waals surface area contributed by atoms with Gasteiger partial charge in [0.2, 0.25) is 10.0 Å². The van der Waals surface area contributed by atoms with E-state index < -0.39 is 22.1 Å². The van der Waals surface area contributed by atoms with Crippen LogP contribution >= 0.6 is 0 Å². The van der Waals surface area contributed by atoms with Crippen molar-refractivity contribution < 1.29 is 22.9 Å². The third-order valence-corrected chi connectivity index (χ3v) is 7.84. The first kappa shape index (κ1) is 21.7. The predicted molar refractivity (Wildman–Crippen MR) is 109 cm³/mol. The Morgan fingerprint density at radius 3 is 2.31 bits per heavy atom. The smallest absolute Gasteiger partial charge is 0.321 e. The lowest BCUT2D eigenvalue weighted by Crippen LogP contribution is -3.19. The number of carbonyl (C=O) groups excluding carboxylic acids is 2. The number of carbonyl (C=O) groups is 2. The lowest BCUT2D eigenvalue weighted by molar-refractivity contribution is -0.917. The summed E-state index contributed by atoms with van der Waals surface area (Å²) < 4.78 is 26.9. The fourth-order valence-corrected chi connectivity index (χ4v) is 5.52. The number of benzene rings is 1. The number of imide groups is 1. The minimum absolute atomic E-state index is 0.144. The zero-order valence-corrected chi connectivity index (χ0v) is 17.7. The molecule has 160 valence electrons. The molecule has 0 radical (unpaired) electrons. The molecule has 8 nitrogen and oxygen atoms in total. The standard InChI is InChI=1S/C20H30N4O4S/c1-16(19(25)22-20(26)21-17-8-4-2-5-9-17)23-12-14-24(15-13-23)29(27,28)18-10-6-3-7-11-18/h3,6-7,10-11,16-17H,2,4-5,8-9,12-15H2,1H3,(H2,21,22,25,26)/p+1/t16-/m1/s1. The monoisotopic (exact) mass is 423 g/mol. The first-order valence-corrected chi connectivity index (χ1v) is 11.8. The molecule has 2 fully saturated rings. The van der Waals surface area contributed by atoms with Crippen LogP contribution in [0.1, 0.15) is 39.0 Å². The second-order valence-corrected chi connectivity index (χ2v) is 9.83. The van der Waals surface area contributed by atoms with Gasteiger partial charge in [-0.05, 0) is 31.9 Å². The molecule has 1 atom stereocenters. The zero-order valence-electron chi connectivity index (χ0n) is 16.9.